The zero-order valence-electron chi connectivity index (χ0n) is 14.5. The maximum atomic E-state index is 14.4. The van der Waals surface area contributed by atoms with E-state index in [2.05, 4.69) is 11.9 Å². The molecule has 1 aliphatic carbocycles. The summed E-state index contributed by atoms with van der Waals surface area (Å²) in [5.74, 6) is 0.0519. The highest BCUT2D eigenvalue weighted by molar-refractivity contribution is 8.02. The number of halogens is 2. The summed E-state index contributed by atoms with van der Waals surface area (Å²) in [6.45, 7) is 8.06. The van der Waals surface area contributed by atoms with E-state index in [1.54, 1.807) is 0 Å². The van der Waals surface area contributed by atoms with E-state index in [0.29, 0.717) is 29.9 Å². The predicted molar refractivity (Wildman–Crippen MR) is 101 cm³/mol. The molecule has 0 amide bonds. The van der Waals surface area contributed by atoms with Crippen molar-refractivity contribution >= 4 is 17.3 Å². The molecule has 0 radical (unpaired) electrons. The molecule has 5 heteroatoms. The van der Waals surface area contributed by atoms with Gasteiger partial charge in [0.2, 0.25) is 0 Å². The van der Waals surface area contributed by atoms with Gasteiger partial charge in [-0.2, -0.15) is 0 Å². The van der Waals surface area contributed by atoms with Crippen molar-refractivity contribution in [1.82, 2.24) is 5.32 Å². The molecule has 2 atom stereocenters. The number of hydrogen-bond acceptors (Lipinski definition) is 3. The van der Waals surface area contributed by atoms with Gasteiger partial charge < -0.3 is 10.1 Å². The summed E-state index contributed by atoms with van der Waals surface area (Å²) in [6.07, 6.45) is 7.39. The van der Waals surface area contributed by atoms with E-state index in [9.17, 15) is 8.78 Å². The Bertz CT molecular complexity index is 695. The summed E-state index contributed by atoms with van der Waals surface area (Å²) in [5.41, 5.74) is 1.23. The number of thioether (sulfide) groups is 1. The monoisotopic (exact) mass is 363 g/mol. The summed E-state index contributed by atoms with van der Waals surface area (Å²) in [4.78, 5) is 0.879. The maximum absolute atomic E-state index is 14.4. The van der Waals surface area contributed by atoms with E-state index in [-0.39, 0.29) is 5.75 Å². The predicted octanol–water partition coefficient (Wildman–Crippen LogP) is 4.65. The van der Waals surface area contributed by atoms with Gasteiger partial charge in [-0.1, -0.05) is 18.7 Å². The summed E-state index contributed by atoms with van der Waals surface area (Å²) in [7, 11) is 0. The second kappa shape index (κ2) is 7.75. The van der Waals surface area contributed by atoms with Crippen molar-refractivity contribution in [3.63, 3.8) is 0 Å². The molecule has 1 N–H and O–H groups in total. The number of allylic oxidation sites excluding steroid dienone is 4. The Morgan fingerprint density at radius 3 is 2.48 bits per heavy atom. The van der Waals surface area contributed by atoms with Crippen LogP contribution in [-0.2, 0) is 0 Å². The molecular weight excluding hydrogens is 340 g/mol. The zero-order chi connectivity index (χ0) is 18.0. The summed E-state index contributed by atoms with van der Waals surface area (Å²) < 4.78 is 34.2. The minimum atomic E-state index is -0.657. The number of fused-ring (bicyclic) bond motifs is 1. The van der Waals surface area contributed by atoms with Crippen molar-refractivity contribution in [1.29, 1.82) is 0 Å². The first kappa shape index (κ1) is 18.2. The summed E-state index contributed by atoms with van der Waals surface area (Å²) >= 11 is 1.52. The van der Waals surface area contributed by atoms with E-state index in [1.807, 2.05) is 31.4 Å². The Morgan fingerprint density at radius 2 is 1.92 bits per heavy atom. The van der Waals surface area contributed by atoms with Gasteiger partial charge in [0.1, 0.15) is 0 Å². The van der Waals surface area contributed by atoms with E-state index in [4.69, 9.17) is 4.74 Å². The number of benzene rings is 1. The van der Waals surface area contributed by atoms with Crippen LogP contribution in [0.1, 0.15) is 12.5 Å². The molecule has 0 spiro atoms. The van der Waals surface area contributed by atoms with Gasteiger partial charge in [-0.3, -0.25) is 0 Å². The quantitative estimate of drug-likeness (QED) is 0.713. The molecule has 1 saturated heterocycles. The van der Waals surface area contributed by atoms with Crippen molar-refractivity contribution in [2.24, 2.45) is 17.8 Å². The lowest BCUT2D eigenvalue weighted by molar-refractivity contribution is 0.255. The Kier molecular flexibility index (Phi) is 5.64. The molecule has 2 unspecified atom stereocenters. The second-order valence-electron chi connectivity index (χ2n) is 6.48. The normalized spacial score (nSPS) is 25.3. The van der Waals surface area contributed by atoms with Crippen LogP contribution in [0.25, 0.3) is 5.57 Å². The van der Waals surface area contributed by atoms with Crippen molar-refractivity contribution < 1.29 is 13.5 Å². The topological polar surface area (TPSA) is 21.3 Å². The standard InChI is InChI=1S/C20H23F2NOS/c1-4-13(6-5-12(2)25-3)14-7-18(21)20(19(22)8-14)24-11-17-15-9-23-10-16(15)17/h4-8,15-17,23H,2,9-11H2,1,3H3/b6-5-,13-4+. The van der Waals surface area contributed by atoms with Crippen LogP contribution in [0.3, 0.4) is 0 Å². The molecule has 1 heterocycles. The third-order valence-electron chi connectivity index (χ3n) is 5.04. The van der Waals surface area contributed by atoms with E-state index in [0.717, 1.165) is 23.6 Å². The molecule has 3 rings (SSSR count). The highest BCUT2D eigenvalue weighted by atomic mass is 32.2. The number of nitrogens with one attached hydrogen (secondary N) is 1. The van der Waals surface area contributed by atoms with Gasteiger partial charge >= 0.3 is 0 Å². The Labute approximate surface area is 152 Å². The fourth-order valence-corrected chi connectivity index (χ4v) is 3.65. The molecular formula is C20H23F2NOS. The van der Waals surface area contributed by atoms with Crippen molar-refractivity contribution in [2.75, 3.05) is 26.0 Å². The van der Waals surface area contributed by atoms with Crippen LogP contribution in [0, 0.1) is 29.4 Å². The molecule has 1 aromatic rings. The third-order valence-corrected chi connectivity index (χ3v) is 5.70. The molecule has 25 heavy (non-hydrogen) atoms. The van der Waals surface area contributed by atoms with E-state index >= 15 is 0 Å². The lowest BCUT2D eigenvalue weighted by Crippen LogP contribution is -2.18. The zero-order valence-corrected chi connectivity index (χ0v) is 15.3. The van der Waals surface area contributed by atoms with Crippen LogP contribution < -0.4 is 10.1 Å². The number of piperidine rings is 1. The van der Waals surface area contributed by atoms with Crippen LogP contribution in [-0.4, -0.2) is 26.0 Å². The smallest absolute Gasteiger partial charge is 0.190 e. The molecule has 2 aliphatic rings. The second-order valence-corrected chi connectivity index (χ2v) is 7.41. The molecule has 1 aromatic carbocycles. The maximum Gasteiger partial charge on any atom is 0.190 e. The average Bonchev–Trinajstić information content (AvgIpc) is 3.02. The van der Waals surface area contributed by atoms with Gasteiger partial charge in [-0.15, -0.1) is 11.8 Å². The molecule has 2 fully saturated rings. The summed E-state index contributed by atoms with van der Waals surface area (Å²) in [6, 6.07) is 2.66. The number of hydrogen-bond donors (Lipinski definition) is 1. The van der Waals surface area contributed by atoms with Gasteiger partial charge in [0.05, 0.1) is 6.61 Å². The van der Waals surface area contributed by atoms with Crippen molar-refractivity contribution in [3.05, 3.63) is 59.0 Å². The molecule has 134 valence electrons. The summed E-state index contributed by atoms with van der Waals surface area (Å²) in [5, 5.41) is 3.30. The SMILES string of the molecule is C=C(/C=C\C(=C/C)c1cc(F)c(OCC2C3CNCC32)c(F)c1)SC. The Hall–Kier alpha value is -1.59. The minimum absolute atomic E-state index is 0.269. The highest BCUT2D eigenvalue weighted by Gasteiger charge is 2.53. The molecule has 1 aliphatic heterocycles. The first-order valence-electron chi connectivity index (χ1n) is 8.45. The van der Waals surface area contributed by atoms with Gasteiger partial charge in [0.15, 0.2) is 17.4 Å². The van der Waals surface area contributed by atoms with Crippen LogP contribution in [0.2, 0.25) is 0 Å². The van der Waals surface area contributed by atoms with Crippen LogP contribution in [0.15, 0.2) is 41.8 Å². The Morgan fingerprint density at radius 1 is 1.28 bits per heavy atom. The first-order chi connectivity index (χ1) is 12.0. The van der Waals surface area contributed by atoms with Crippen molar-refractivity contribution in [3.8, 4) is 5.75 Å². The van der Waals surface area contributed by atoms with Crippen molar-refractivity contribution in [2.45, 2.75) is 6.92 Å². The lowest BCUT2D eigenvalue weighted by atomic mass is 10.0. The molecule has 0 aromatic heterocycles. The molecule has 0 bridgehead atoms. The van der Waals surface area contributed by atoms with Gasteiger partial charge in [0, 0.05) is 5.92 Å². The van der Waals surface area contributed by atoms with E-state index < -0.39 is 11.6 Å². The van der Waals surface area contributed by atoms with Gasteiger partial charge in [0.25, 0.3) is 0 Å². The number of ether oxygens (including phenoxy) is 1. The van der Waals surface area contributed by atoms with Gasteiger partial charge in [-0.25, -0.2) is 8.78 Å². The Balaban J connectivity index is 1.70. The van der Waals surface area contributed by atoms with Crippen LogP contribution >= 0.6 is 11.8 Å². The largest absolute Gasteiger partial charge is 0.487 e. The minimum Gasteiger partial charge on any atom is -0.487 e. The third kappa shape index (κ3) is 3.98. The van der Waals surface area contributed by atoms with E-state index in [1.165, 1.54) is 23.9 Å². The average molecular weight is 363 g/mol. The highest BCUT2D eigenvalue weighted by Crippen LogP contribution is 2.48. The first-order valence-corrected chi connectivity index (χ1v) is 9.67. The van der Waals surface area contributed by atoms with Crippen LogP contribution in [0.5, 0.6) is 5.75 Å². The van der Waals surface area contributed by atoms with Crippen LogP contribution in [0.4, 0.5) is 8.78 Å². The fourth-order valence-electron chi connectivity index (χ4n) is 3.45. The van der Waals surface area contributed by atoms with Gasteiger partial charge in [-0.05, 0) is 72.4 Å². The molecule has 2 nitrogen and oxygen atoms in total. The number of rotatable bonds is 7. The lowest BCUT2D eigenvalue weighted by Gasteiger charge is -2.12. The molecule has 1 saturated carbocycles. The fraction of sp³-hybridized carbons (Fsp3) is 0.400.